The van der Waals surface area contributed by atoms with Crippen LogP contribution in [0.3, 0.4) is 0 Å². The van der Waals surface area contributed by atoms with Crippen LogP contribution in [0.15, 0.2) is 77.7 Å². The van der Waals surface area contributed by atoms with E-state index in [1.165, 1.54) is 18.2 Å². The molecule has 0 unspecified atom stereocenters. The van der Waals surface area contributed by atoms with Crippen LogP contribution in [0.1, 0.15) is 11.1 Å². The molecular formula is C22H19Cl3N2O3S. The van der Waals surface area contributed by atoms with Crippen molar-refractivity contribution in [2.75, 3.05) is 6.54 Å². The quantitative estimate of drug-likeness (QED) is 0.468. The van der Waals surface area contributed by atoms with Crippen molar-refractivity contribution in [2.24, 2.45) is 0 Å². The second-order valence-electron chi connectivity index (χ2n) is 6.73. The Morgan fingerprint density at radius 3 is 2.16 bits per heavy atom. The molecule has 0 saturated carbocycles. The van der Waals surface area contributed by atoms with Gasteiger partial charge in [-0.3, -0.25) is 4.79 Å². The summed E-state index contributed by atoms with van der Waals surface area (Å²) in [4.78, 5) is 12.7. The van der Waals surface area contributed by atoms with Crippen molar-refractivity contribution < 1.29 is 13.2 Å². The molecule has 31 heavy (non-hydrogen) atoms. The normalized spacial score (nSPS) is 11.5. The Morgan fingerprint density at radius 2 is 1.52 bits per heavy atom. The van der Waals surface area contributed by atoms with E-state index < -0.39 is 15.9 Å². The summed E-state index contributed by atoms with van der Waals surface area (Å²) < 4.78 is 27.5. The van der Waals surface area contributed by atoms with Gasteiger partial charge in [0.25, 0.3) is 0 Å². The van der Waals surface area contributed by atoms with Gasteiger partial charge in [-0.05, 0) is 47.5 Å². The van der Waals surface area contributed by atoms with Gasteiger partial charge in [0.05, 0.1) is 11.4 Å². The van der Waals surface area contributed by atoms with Crippen molar-refractivity contribution >= 4 is 50.7 Å². The van der Waals surface area contributed by atoms with Crippen molar-refractivity contribution in [2.45, 2.75) is 18.0 Å². The molecule has 3 rings (SSSR count). The molecule has 0 fully saturated rings. The zero-order valence-corrected chi connectivity index (χ0v) is 19.3. The maximum atomic E-state index is 13.2. The molecule has 3 aromatic rings. The van der Waals surface area contributed by atoms with Crippen LogP contribution in [-0.2, 0) is 27.9 Å². The number of hydrogen-bond acceptors (Lipinski definition) is 3. The van der Waals surface area contributed by atoms with E-state index in [0.717, 1.165) is 9.87 Å². The molecule has 0 heterocycles. The number of sulfonamides is 1. The van der Waals surface area contributed by atoms with Gasteiger partial charge in [0.1, 0.15) is 0 Å². The van der Waals surface area contributed by atoms with Crippen LogP contribution < -0.4 is 5.32 Å². The van der Waals surface area contributed by atoms with Crippen molar-refractivity contribution in [3.8, 4) is 0 Å². The molecule has 0 aliphatic rings. The number of hydrogen-bond donors (Lipinski definition) is 1. The average molecular weight is 498 g/mol. The van der Waals surface area contributed by atoms with Crippen LogP contribution >= 0.6 is 34.8 Å². The smallest absolute Gasteiger partial charge is 0.243 e. The topological polar surface area (TPSA) is 66.5 Å². The Morgan fingerprint density at radius 1 is 0.871 bits per heavy atom. The molecule has 1 N–H and O–H groups in total. The Labute approximate surface area is 196 Å². The summed E-state index contributed by atoms with van der Waals surface area (Å²) in [5.41, 5.74) is 1.38. The van der Waals surface area contributed by atoms with E-state index in [1.807, 2.05) is 0 Å². The molecule has 3 aromatic carbocycles. The number of nitrogens with zero attached hydrogens (tertiary/aromatic N) is 1. The fourth-order valence-corrected chi connectivity index (χ4v) is 4.82. The highest BCUT2D eigenvalue weighted by Gasteiger charge is 2.27. The van der Waals surface area contributed by atoms with E-state index in [-0.39, 0.29) is 24.5 Å². The summed E-state index contributed by atoms with van der Waals surface area (Å²) in [6.07, 6.45) is 0. The SMILES string of the molecule is O=C(CN(Cc1ccc(Cl)cc1Cl)S(=O)(=O)c1ccccc1)NCc1ccc(Cl)cc1. The highest BCUT2D eigenvalue weighted by Crippen LogP contribution is 2.25. The zero-order chi connectivity index (χ0) is 22.4. The molecule has 0 saturated heterocycles. The third kappa shape index (κ3) is 6.45. The van der Waals surface area contributed by atoms with E-state index in [9.17, 15) is 13.2 Å². The van der Waals surface area contributed by atoms with Crippen molar-refractivity contribution in [1.29, 1.82) is 0 Å². The molecule has 0 aliphatic carbocycles. The van der Waals surface area contributed by atoms with Crippen LogP contribution in [0, 0.1) is 0 Å². The largest absolute Gasteiger partial charge is 0.351 e. The van der Waals surface area contributed by atoms with Gasteiger partial charge in [0.2, 0.25) is 15.9 Å². The van der Waals surface area contributed by atoms with Gasteiger partial charge in [-0.25, -0.2) is 8.42 Å². The number of carbonyl (C=O) groups is 1. The summed E-state index contributed by atoms with van der Waals surface area (Å²) in [6.45, 7) is -0.206. The lowest BCUT2D eigenvalue weighted by atomic mass is 10.2. The Kier molecular flexibility index (Phi) is 7.97. The summed E-state index contributed by atoms with van der Waals surface area (Å²) >= 11 is 18.1. The highest BCUT2D eigenvalue weighted by molar-refractivity contribution is 7.89. The second-order valence-corrected chi connectivity index (χ2v) is 9.94. The Hall–Kier alpha value is -2.09. The molecule has 162 valence electrons. The minimum atomic E-state index is -3.95. The monoisotopic (exact) mass is 496 g/mol. The van der Waals surface area contributed by atoms with Crippen LogP contribution in [0.4, 0.5) is 0 Å². The number of rotatable bonds is 8. The molecule has 0 aliphatic heterocycles. The lowest BCUT2D eigenvalue weighted by Crippen LogP contribution is -2.40. The fourth-order valence-electron chi connectivity index (χ4n) is 2.83. The van der Waals surface area contributed by atoms with Gasteiger partial charge in [-0.1, -0.05) is 71.2 Å². The number of nitrogens with one attached hydrogen (secondary N) is 1. The van der Waals surface area contributed by atoms with Gasteiger partial charge in [0.15, 0.2) is 0 Å². The fraction of sp³-hybridized carbons (Fsp3) is 0.136. The van der Waals surface area contributed by atoms with Crippen molar-refractivity contribution in [3.63, 3.8) is 0 Å². The first-order valence-corrected chi connectivity index (χ1v) is 11.8. The predicted octanol–water partition coefficient (Wildman–Crippen LogP) is 5.15. The molecule has 1 amide bonds. The summed E-state index contributed by atoms with van der Waals surface area (Å²) in [5.74, 6) is -0.445. The second kappa shape index (κ2) is 10.5. The molecule has 5 nitrogen and oxygen atoms in total. The molecular weight excluding hydrogens is 479 g/mol. The number of amides is 1. The Bertz CT molecular complexity index is 1150. The molecule has 0 spiro atoms. The minimum Gasteiger partial charge on any atom is -0.351 e. The third-order valence-corrected chi connectivity index (χ3v) is 7.11. The van der Waals surface area contributed by atoms with Crippen molar-refractivity contribution in [3.05, 3.63) is 99.0 Å². The third-order valence-electron chi connectivity index (χ3n) is 4.47. The summed E-state index contributed by atoms with van der Waals surface area (Å²) in [5, 5.41) is 4.09. The zero-order valence-electron chi connectivity index (χ0n) is 16.3. The maximum Gasteiger partial charge on any atom is 0.243 e. The molecule has 9 heteroatoms. The average Bonchev–Trinajstić information content (AvgIpc) is 2.75. The molecule has 0 radical (unpaired) electrons. The number of halogens is 3. The molecule has 0 atom stereocenters. The minimum absolute atomic E-state index is 0.0818. The van der Waals surface area contributed by atoms with Crippen LogP contribution in [0.5, 0.6) is 0 Å². The van der Waals surface area contributed by atoms with Crippen LogP contribution in [0.25, 0.3) is 0 Å². The predicted molar refractivity (Wildman–Crippen MR) is 124 cm³/mol. The van der Waals surface area contributed by atoms with E-state index >= 15 is 0 Å². The van der Waals surface area contributed by atoms with Gasteiger partial charge in [-0.15, -0.1) is 0 Å². The highest BCUT2D eigenvalue weighted by atomic mass is 35.5. The van der Waals surface area contributed by atoms with E-state index in [2.05, 4.69) is 5.32 Å². The van der Waals surface area contributed by atoms with Gasteiger partial charge in [-0.2, -0.15) is 4.31 Å². The standard InChI is InChI=1S/C22H19Cl3N2O3S/c23-18-9-6-16(7-10-18)13-26-22(28)15-27(14-17-8-11-19(24)12-21(17)25)31(29,30)20-4-2-1-3-5-20/h1-12H,13-15H2,(H,26,28). The first-order chi connectivity index (χ1) is 14.8. The van der Waals surface area contributed by atoms with Gasteiger partial charge >= 0.3 is 0 Å². The van der Waals surface area contributed by atoms with E-state index in [1.54, 1.807) is 54.6 Å². The Balaban J connectivity index is 1.81. The van der Waals surface area contributed by atoms with E-state index in [0.29, 0.717) is 20.6 Å². The lowest BCUT2D eigenvalue weighted by molar-refractivity contribution is -0.121. The first-order valence-electron chi connectivity index (χ1n) is 9.26. The maximum absolute atomic E-state index is 13.2. The van der Waals surface area contributed by atoms with Gasteiger partial charge in [0, 0.05) is 28.2 Å². The first kappa shape index (κ1) is 23.6. The molecule has 0 aromatic heterocycles. The summed E-state index contributed by atoms with van der Waals surface area (Å²) in [6, 6.07) is 19.8. The van der Waals surface area contributed by atoms with E-state index in [4.69, 9.17) is 34.8 Å². The van der Waals surface area contributed by atoms with Crippen molar-refractivity contribution in [1.82, 2.24) is 9.62 Å². The number of benzene rings is 3. The van der Waals surface area contributed by atoms with Crippen LogP contribution in [-0.4, -0.2) is 25.2 Å². The van der Waals surface area contributed by atoms with Crippen LogP contribution in [0.2, 0.25) is 15.1 Å². The summed E-state index contributed by atoms with van der Waals surface area (Å²) in [7, 11) is -3.95. The van der Waals surface area contributed by atoms with Gasteiger partial charge < -0.3 is 5.32 Å². The lowest BCUT2D eigenvalue weighted by Gasteiger charge is -2.22. The molecule has 0 bridgehead atoms. The number of carbonyl (C=O) groups excluding carboxylic acids is 1.